The number of nitrogens with zero attached hydrogens (tertiary/aromatic N) is 1. The Kier molecular flexibility index (Phi) is 4.50. The lowest BCUT2D eigenvalue weighted by molar-refractivity contribution is 0.288. The van der Waals surface area contributed by atoms with Crippen molar-refractivity contribution in [2.24, 2.45) is 0 Å². The van der Waals surface area contributed by atoms with Gasteiger partial charge >= 0.3 is 0 Å². The van der Waals surface area contributed by atoms with Crippen LogP contribution in [0.2, 0.25) is 5.02 Å². The summed E-state index contributed by atoms with van der Waals surface area (Å²) in [6.45, 7) is 5.05. The summed E-state index contributed by atoms with van der Waals surface area (Å²) in [6, 6.07) is 3.76. The van der Waals surface area contributed by atoms with Crippen molar-refractivity contribution in [2.45, 2.75) is 13.8 Å². The Morgan fingerprint density at radius 2 is 1.78 bits per heavy atom. The molecule has 0 saturated heterocycles. The zero-order valence-electron chi connectivity index (χ0n) is 10.2. The van der Waals surface area contributed by atoms with E-state index >= 15 is 0 Å². The van der Waals surface area contributed by atoms with Gasteiger partial charge in [-0.2, -0.15) is 0 Å². The van der Waals surface area contributed by atoms with Crippen molar-refractivity contribution >= 4 is 45.1 Å². The van der Waals surface area contributed by atoms with Crippen molar-refractivity contribution in [1.29, 1.82) is 0 Å². The van der Waals surface area contributed by atoms with Gasteiger partial charge in [0.1, 0.15) is 0 Å². The van der Waals surface area contributed by atoms with Crippen molar-refractivity contribution in [3.05, 3.63) is 26.9 Å². The van der Waals surface area contributed by atoms with Gasteiger partial charge in [0, 0.05) is 17.6 Å². The molecule has 2 rings (SSSR count). The molecule has 0 aliphatic rings. The molecule has 0 radical (unpaired) electrons. The van der Waals surface area contributed by atoms with Gasteiger partial charge in [0.2, 0.25) is 0 Å². The van der Waals surface area contributed by atoms with Crippen LogP contribution in [-0.2, 0) is 0 Å². The Labute approximate surface area is 125 Å². The number of halogens is 2. The number of pyridine rings is 1. The summed E-state index contributed by atoms with van der Waals surface area (Å²) >= 11 is 8.45. The predicted octanol–water partition coefficient (Wildman–Crippen LogP) is 4.29. The fourth-order valence-electron chi connectivity index (χ4n) is 1.68. The minimum Gasteiger partial charge on any atom is -0.490 e. The number of ether oxygens (including phenoxy) is 2. The molecule has 0 amide bonds. The molecule has 1 aromatic carbocycles. The van der Waals surface area contributed by atoms with E-state index in [9.17, 15) is 0 Å². The third-order valence-corrected chi connectivity index (χ3v) is 3.97. The van der Waals surface area contributed by atoms with Gasteiger partial charge in [-0.1, -0.05) is 11.6 Å². The molecule has 1 heterocycles. The van der Waals surface area contributed by atoms with Crippen LogP contribution in [0.3, 0.4) is 0 Å². The molecule has 1 aromatic heterocycles. The highest BCUT2D eigenvalue weighted by Gasteiger charge is 2.11. The maximum atomic E-state index is 6.28. The topological polar surface area (TPSA) is 31.4 Å². The largest absolute Gasteiger partial charge is 0.490 e. The number of aromatic nitrogens is 1. The van der Waals surface area contributed by atoms with E-state index in [2.05, 4.69) is 27.6 Å². The summed E-state index contributed by atoms with van der Waals surface area (Å²) in [7, 11) is 0. The lowest BCUT2D eigenvalue weighted by Crippen LogP contribution is -1.99. The zero-order chi connectivity index (χ0) is 13.1. The molecule has 2 aromatic rings. The van der Waals surface area contributed by atoms with Crippen LogP contribution in [0.1, 0.15) is 13.8 Å². The molecule has 0 fully saturated rings. The number of hydrogen-bond donors (Lipinski definition) is 0. The lowest BCUT2D eigenvalue weighted by atomic mass is 10.2. The summed E-state index contributed by atoms with van der Waals surface area (Å²) in [5, 5.41) is 1.58. The van der Waals surface area contributed by atoms with E-state index in [1.807, 2.05) is 26.0 Å². The molecular formula is C13H13ClINO2. The quantitative estimate of drug-likeness (QED) is 0.745. The Morgan fingerprint density at radius 3 is 2.39 bits per heavy atom. The molecule has 18 heavy (non-hydrogen) atoms. The van der Waals surface area contributed by atoms with Crippen molar-refractivity contribution in [3.8, 4) is 11.5 Å². The van der Waals surface area contributed by atoms with Crippen molar-refractivity contribution in [3.63, 3.8) is 0 Å². The molecule has 3 nitrogen and oxygen atoms in total. The highest BCUT2D eigenvalue weighted by Crippen LogP contribution is 2.36. The van der Waals surface area contributed by atoms with Crippen LogP contribution in [0.15, 0.2) is 18.3 Å². The first-order valence-electron chi connectivity index (χ1n) is 5.70. The third-order valence-electron chi connectivity index (χ3n) is 2.42. The monoisotopic (exact) mass is 377 g/mol. The summed E-state index contributed by atoms with van der Waals surface area (Å²) in [5.41, 5.74) is 0.812. The van der Waals surface area contributed by atoms with Gasteiger partial charge in [0.05, 0.1) is 27.3 Å². The number of rotatable bonds is 4. The van der Waals surface area contributed by atoms with Crippen molar-refractivity contribution in [1.82, 2.24) is 4.98 Å². The fraction of sp³-hybridized carbons (Fsp3) is 0.308. The summed E-state index contributed by atoms with van der Waals surface area (Å²) in [4.78, 5) is 4.36. The van der Waals surface area contributed by atoms with Crippen molar-refractivity contribution in [2.75, 3.05) is 13.2 Å². The average molecular weight is 378 g/mol. The normalized spacial score (nSPS) is 10.7. The third kappa shape index (κ3) is 2.64. The van der Waals surface area contributed by atoms with Crippen LogP contribution in [0.4, 0.5) is 0 Å². The molecule has 0 N–H and O–H groups in total. The molecule has 0 unspecified atom stereocenters. The van der Waals surface area contributed by atoms with E-state index in [4.69, 9.17) is 21.1 Å². The molecule has 0 atom stereocenters. The van der Waals surface area contributed by atoms with Gasteiger partial charge in [-0.05, 0) is 42.5 Å². The van der Waals surface area contributed by atoms with E-state index in [0.717, 1.165) is 14.5 Å². The van der Waals surface area contributed by atoms with E-state index in [1.165, 1.54) is 0 Å². The highest BCUT2D eigenvalue weighted by molar-refractivity contribution is 14.1. The summed E-state index contributed by atoms with van der Waals surface area (Å²) in [5.74, 6) is 1.41. The first-order chi connectivity index (χ1) is 8.67. The minimum atomic E-state index is 0.584. The predicted molar refractivity (Wildman–Crippen MR) is 81.8 cm³/mol. The Hall–Kier alpha value is -0.750. The lowest BCUT2D eigenvalue weighted by Gasteiger charge is -2.12. The van der Waals surface area contributed by atoms with Crippen LogP contribution >= 0.6 is 34.2 Å². The van der Waals surface area contributed by atoms with Crippen LogP contribution in [0.25, 0.3) is 10.9 Å². The second-order valence-corrected chi connectivity index (χ2v) is 5.14. The van der Waals surface area contributed by atoms with E-state index in [1.54, 1.807) is 6.20 Å². The minimum absolute atomic E-state index is 0.584. The van der Waals surface area contributed by atoms with Gasteiger partial charge in [-0.25, -0.2) is 0 Å². The molecule has 96 valence electrons. The Morgan fingerprint density at radius 1 is 1.17 bits per heavy atom. The Balaban J connectivity index is 2.64. The standard InChI is InChI=1S/C13H13ClINO2/c1-3-17-11-5-8-10(6-12(11)18-4-2)16-7-9(15)13(8)14/h5-7H,3-4H2,1-2H3. The second-order valence-electron chi connectivity index (χ2n) is 3.60. The van der Waals surface area contributed by atoms with Crippen LogP contribution in [0, 0.1) is 3.57 Å². The second kappa shape index (κ2) is 5.93. The van der Waals surface area contributed by atoms with Crippen LogP contribution in [-0.4, -0.2) is 18.2 Å². The van der Waals surface area contributed by atoms with Gasteiger partial charge < -0.3 is 9.47 Å². The van der Waals surface area contributed by atoms with Gasteiger partial charge in [0.25, 0.3) is 0 Å². The Bertz CT molecular complexity index is 574. The molecule has 5 heteroatoms. The maximum Gasteiger partial charge on any atom is 0.163 e. The molecule has 0 saturated carbocycles. The molecule has 0 aliphatic heterocycles. The molecule has 0 bridgehead atoms. The first kappa shape index (κ1) is 13.7. The van der Waals surface area contributed by atoms with E-state index in [-0.39, 0.29) is 0 Å². The zero-order valence-corrected chi connectivity index (χ0v) is 13.1. The van der Waals surface area contributed by atoms with E-state index < -0.39 is 0 Å². The fourth-order valence-corrected chi connectivity index (χ4v) is 2.31. The number of benzene rings is 1. The van der Waals surface area contributed by atoms with Crippen molar-refractivity contribution < 1.29 is 9.47 Å². The van der Waals surface area contributed by atoms with Gasteiger partial charge in [0.15, 0.2) is 11.5 Å². The van der Waals surface area contributed by atoms with Gasteiger partial charge in [-0.3, -0.25) is 4.98 Å². The number of hydrogen-bond acceptors (Lipinski definition) is 3. The van der Waals surface area contributed by atoms with Crippen LogP contribution < -0.4 is 9.47 Å². The first-order valence-corrected chi connectivity index (χ1v) is 7.16. The highest BCUT2D eigenvalue weighted by atomic mass is 127. The smallest absolute Gasteiger partial charge is 0.163 e. The van der Waals surface area contributed by atoms with E-state index in [0.29, 0.717) is 29.7 Å². The molecule has 0 aliphatic carbocycles. The van der Waals surface area contributed by atoms with Gasteiger partial charge in [-0.15, -0.1) is 0 Å². The summed E-state index contributed by atoms with van der Waals surface area (Å²) in [6.07, 6.45) is 1.75. The van der Waals surface area contributed by atoms with Crippen LogP contribution in [0.5, 0.6) is 11.5 Å². The summed E-state index contributed by atoms with van der Waals surface area (Å²) < 4.78 is 12.1. The average Bonchev–Trinajstić information content (AvgIpc) is 2.36. The molecular weight excluding hydrogens is 365 g/mol. The molecule has 0 spiro atoms. The number of fused-ring (bicyclic) bond motifs is 1. The maximum absolute atomic E-state index is 6.28. The SMILES string of the molecule is CCOc1cc2ncc(I)c(Cl)c2cc1OCC.